The van der Waals surface area contributed by atoms with E-state index in [1.807, 2.05) is 13.0 Å². The Hall–Kier alpha value is -1.16. The summed E-state index contributed by atoms with van der Waals surface area (Å²) < 4.78 is 6.00. The fourth-order valence-corrected chi connectivity index (χ4v) is 3.03. The Kier molecular flexibility index (Phi) is 5.77. The van der Waals surface area contributed by atoms with E-state index in [9.17, 15) is 0 Å². The van der Waals surface area contributed by atoms with E-state index in [2.05, 4.69) is 29.1 Å². The van der Waals surface area contributed by atoms with Crippen molar-refractivity contribution in [2.45, 2.75) is 59.0 Å². The molecule has 1 fully saturated rings. The summed E-state index contributed by atoms with van der Waals surface area (Å²) in [6, 6.07) is 2.00. The smallest absolute Gasteiger partial charge is 0.160 e. The van der Waals surface area contributed by atoms with E-state index >= 15 is 0 Å². The van der Waals surface area contributed by atoms with Crippen molar-refractivity contribution in [1.82, 2.24) is 9.97 Å². The number of anilines is 1. The summed E-state index contributed by atoms with van der Waals surface area (Å²) >= 11 is 0. The highest BCUT2D eigenvalue weighted by atomic mass is 16.5. The zero-order valence-corrected chi connectivity index (χ0v) is 13.0. The van der Waals surface area contributed by atoms with Gasteiger partial charge in [-0.15, -0.1) is 0 Å². The van der Waals surface area contributed by atoms with Crippen LogP contribution in [0, 0.1) is 12.8 Å². The highest BCUT2D eigenvalue weighted by Crippen LogP contribution is 2.35. The van der Waals surface area contributed by atoms with Crippen LogP contribution < -0.4 is 5.32 Å². The molecule has 1 heterocycles. The third-order valence-electron chi connectivity index (χ3n) is 3.91. The van der Waals surface area contributed by atoms with E-state index in [-0.39, 0.29) is 6.10 Å². The van der Waals surface area contributed by atoms with Crippen LogP contribution in [0.4, 0.5) is 5.82 Å². The molecule has 1 aliphatic rings. The molecular formula is C16H27N3O. The maximum atomic E-state index is 6.00. The second-order valence-corrected chi connectivity index (χ2v) is 5.56. The summed E-state index contributed by atoms with van der Waals surface area (Å²) in [5.41, 5.74) is 1.01. The fraction of sp³-hybridized carbons (Fsp3) is 0.750. The van der Waals surface area contributed by atoms with Gasteiger partial charge in [0.1, 0.15) is 11.9 Å². The molecule has 0 saturated heterocycles. The summed E-state index contributed by atoms with van der Waals surface area (Å²) in [6.07, 6.45) is 6.49. The van der Waals surface area contributed by atoms with Gasteiger partial charge < -0.3 is 10.1 Å². The first-order chi connectivity index (χ1) is 9.74. The predicted molar refractivity (Wildman–Crippen MR) is 81.9 cm³/mol. The average Bonchev–Trinajstić information content (AvgIpc) is 2.45. The number of hydrogen-bond acceptors (Lipinski definition) is 4. The lowest BCUT2D eigenvalue weighted by Gasteiger charge is -2.29. The van der Waals surface area contributed by atoms with Crippen molar-refractivity contribution >= 4 is 5.82 Å². The van der Waals surface area contributed by atoms with Crippen LogP contribution in [0.3, 0.4) is 0 Å². The SMILES string of the molecule is CCNc1cc(C)nc(C(OCC)C2CCCCC2)n1. The van der Waals surface area contributed by atoms with E-state index in [1.54, 1.807) is 0 Å². The summed E-state index contributed by atoms with van der Waals surface area (Å²) in [5.74, 6) is 2.34. The highest BCUT2D eigenvalue weighted by molar-refractivity contribution is 5.35. The number of hydrogen-bond donors (Lipinski definition) is 1. The number of ether oxygens (including phenoxy) is 1. The van der Waals surface area contributed by atoms with Crippen LogP contribution in [-0.2, 0) is 4.74 Å². The van der Waals surface area contributed by atoms with Gasteiger partial charge in [0.15, 0.2) is 5.82 Å². The maximum absolute atomic E-state index is 6.00. The van der Waals surface area contributed by atoms with Gasteiger partial charge in [0.25, 0.3) is 0 Å². The molecule has 2 rings (SSSR count). The fourth-order valence-electron chi connectivity index (χ4n) is 3.03. The minimum absolute atomic E-state index is 0.0533. The minimum atomic E-state index is 0.0533. The molecule has 1 atom stereocenters. The molecule has 1 aliphatic carbocycles. The molecule has 0 aliphatic heterocycles. The summed E-state index contributed by atoms with van der Waals surface area (Å²) in [4.78, 5) is 9.30. The van der Waals surface area contributed by atoms with Crippen molar-refractivity contribution in [2.24, 2.45) is 5.92 Å². The van der Waals surface area contributed by atoms with E-state index < -0.39 is 0 Å². The molecule has 1 unspecified atom stereocenters. The lowest BCUT2D eigenvalue weighted by atomic mass is 9.85. The third kappa shape index (κ3) is 3.92. The van der Waals surface area contributed by atoms with E-state index in [0.29, 0.717) is 5.92 Å². The molecule has 1 aromatic rings. The Bertz CT molecular complexity index is 416. The summed E-state index contributed by atoms with van der Waals surface area (Å²) in [7, 11) is 0. The van der Waals surface area contributed by atoms with Crippen molar-refractivity contribution in [1.29, 1.82) is 0 Å². The normalized spacial score (nSPS) is 17.9. The van der Waals surface area contributed by atoms with Crippen molar-refractivity contribution in [3.05, 3.63) is 17.6 Å². The van der Waals surface area contributed by atoms with Gasteiger partial charge in [-0.05, 0) is 39.5 Å². The molecule has 0 radical (unpaired) electrons. The molecule has 0 aromatic carbocycles. The van der Waals surface area contributed by atoms with Crippen molar-refractivity contribution < 1.29 is 4.74 Å². The predicted octanol–water partition coefficient (Wildman–Crippen LogP) is 3.87. The zero-order valence-electron chi connectivity index (χ0n) is 13.0. The first-order valence-corrected chi connectivity index (χ1v) is 7.95. The molecule has 1 N–H and O–H groups in total. The second kappa shape index (κ2) is 7.58. The topological polar surface area (TPSA) is 47.0 Å². The third-order valence-corrected chi connectivity index (χ3v) is 3.91. The Labute approximate surface area is 122 Å². The van der Waals surface area contributed by atoms with E-state index in [1.165, 1.54) is 32.1 Å². The van der Waals surface area contributed by atoms with Crippen LogP contribution in [-0.4, -0.2) is 23.1 Å². The van der Waals surface area contributed by atoms with Crippen LogP contribution in [0.15, 0.2) is 6.07 Å². The van der Waals surface area contributed by atoms with Crippen LogP contribution in [0.25, 0.3) is 0 Å². The van der Waals surface area contributed by atoms with Gasteiger partial charge in [0.2, 0.25) is 0 Å². The Morgan fingerprint density at radius 3 is 2.65 bits per heavy atom. The second-order valence-electron chi connectivity index (χ2n) is 5.56. The highest BCUT2D eigenvalue weighted by Gasteiger charge is 2.28. The lowest BCUT2D eigenvalue weighted by molar-refractivity contribution is -0.000194. The quantitative estimate of drug-likeness (QED) is 0.857. The van der Waals surface area contributed by atoms with Gasteiger partial charge in [0.05, 0.1) is 0 Å². The maximum Gasteiger partial charge on any atom is 0.160 e. The number of rotatable bonds is 6. The zero-order chi connectivity index (χ0) is 14.4. The summed E-state index contributed by atoms with van der Waals surface area (Å²) in [6.45, 7) is 7.75. The van der Waals surface area contributed by atoms with Gasteiger partial charge in [-0.25, -0.2) is 9.97 Å². The molecule has 112 valence electrons. The number of aryl methyl sites for hydroxylation is 1. The Morgan fingerprint density at radius 2 is 2.00 bits per heavy atom. The molecule has 0 spiro atoms. The number of nitrogens with one attached hydrogen (secondary N) is 1. The first-order valence-electron chi connectivity index (χ1n) is 7.95. The lowest BCUT2D eigenvalue weighted by Crippen LogP contribution is -2.22. The molecule has 0 bridgehead atoms. The van der Waals surface area contributed by atoms with Crippen LogP contribution >= 0.6 is 0 Å². The Morgan fingerprint density at radius 1 is 1.25 bits per heavy atom. The van der Waals surface area contributed by atoms with Gasteiger partial charge >= 0.3 is 0 Å². The molecule has 4 nitrogen and oxygen atoms in total. The molecule has 0 amide bonds. The van der Waals surface area contributed by atoms with Crippen molar-refractivity contribution in [2.75, 3.05) is 18.5 Å². The average molecular weight is 277 g/mol. The minimum Gasteiger partial charge on any atom is -0.370 e. The molecule has 1 saturated carbocycles. The number of nitrogens with zero attached hydrogens (tertiary/aromatic N) is 2. The molecule has 4 heteroatoms. The van der Waals surface area contributed by atoms with Crippen LogP contribution in [0.1, 0.15) is 63.6 Å². The van der Waals surface area contributed by atoms with E-state index in [4.69, 9.17) is 4.74 Å². The summed E-state index contributed by atoms with van der Waals surface area (Å²) in [5, 5.41) is 3.28. The standard InChI is InChI=1S/C16H27N3O/c1-4-17-14-11-12(3)18-16(19-14)15(20-5-2)13-9-7-6-8-10-13/h11,13,15H,4-10H2,1-3H3,(H,17,18,19). The largest absolute Gasteiger partial charge is 0.370 e. The molecule has 20 heavy (non-hydrogen) atoms. The first kappa shape index (κ1) is 15.2. The van der Waals surface area contributed by atoms with Gasteiger partial charge in [-0.1, -0.05) is 19.3 Å². The Balaban J connectivity index is 2.22. The van der Waals surface area contributed by atoms with E-state index in [0.717, 1.165) is 30.5 Å². The van der Waals surface area contributed by atoms with Crippen LogP contribution in [0.2, 0.25) is 0 Å². The van der Waals surface area contributed by atoms with Crippen molar-refractivity contribution in [3.63, 3.8) is 0 Å². The number of aromatic nitrogens is 2. The molecule has 1 aromatic heterocycles. The van der Waals surface area contributed by atoms with Gasteiger partial charge in [0, 0.05) is 24.9 Å². The van der Waals surface area contributed by atoms with Crippen molar-refractivity contribution in [3.8, 4) is 0 Å². The van der Waals surface area contributed by atoms with Crippen LogP contribution in [0.5, 0.6) is 0 Å². The molecular weight excluding hydrogens is 250 g/mol. The van der Waals surface area contributed by atoms with Gasteiger partial charge in [-0.2, -0.15) is 0 Å². The van der Waals surface area contributed by atoms with Gasteiger partial charge in [-0.3, -0.25) is 0 Å². The monoisotopic (exact) mass is 277 g/mol.